The van der Waals surface area contributed by atoms with E-state index in [0.717, 1.165) is 42.8 Å². The van der Waals surface area contributed by atoms with E-state index >= 15 is 0 Å². The molecular formula is C14H19NO2. The van der Waals surface area contributed by atoms with Crippen LogP contribution in [0.3, 0.4) is 0 Å². The molecule has 0 unspecified atom stereocenters. The summed E-state index contributed by atoms with van der Waals surface area (Å²) in [5, 5.41) is 3.31. The van der Waals surface area contributed by atoms with Gasteiger partial charge < -0.3 is 10.1 Å². The molecule has 1 saturated heterocycles. The second-order valence-electron chi connectivity index (χ2n) is 4.60. The Morgan fingerprint density at radius 1 is 1.35 bits per heavy atom. The Morgan fingerprint density at radius 3 is 2.65 bits per heavy atom. The fourth-order valence-corrected chi connectivity index (χ4v) is 2.21. The standard InChI is InChI=1S/C14H19NO2/c1-10-9-13(3-4-14(10)11(2)16)17-12-5-7-15-8-6-12/h3-4,9,12,15H,5-8H2,1-2H3. The summed E-state index contributed by atoms with van der Waals surface area (Å²) in [6.45, 7) is 5.59. The quantitative estimate of drug-likeness (QED) is 0.814. The number of hydrogen-bond donors (Lipinski definition) is 1. The number of carbonyl (C=O) groups excluding carboxylic acids is 1. The highest BCUT2D eigenvalue weighted by atomic mass is 16.5. The molecule has 1 aromatic rings. The monoisotopic (exact) mass is 233 g/mol. The lowest BCUT2D eigenvalue weighted by atomic mass is 10.1. The van der Waals surface area contributed by atoms with Crippen molar-refractivity contribution in [1.82, 2.24) is 5.32 Å². The van der Waals surface area contributed by atoms with Crippen LogP contribution in [0.2, 0.25) is 0 Å². The van der Waals surface area contributed by atoms with E-state index in [1.54, 1.807) is 6.92 Å². The molecule has 1 aliphatic rings. The van der Waals surface area contributed by atoms with Crippen LogP contribution in [0, 0.1) is 6.92 Å². The first-order chi connectivity index (χ1) is 8.16. The first-order valence-electron chi connectivity index (χ1n) is 6.16. The predicted molar refractivity (Wildman–Crippen MR) is 67.7 cm³/mol. The van der Waals surface area contributed by atoms with E-state index in [2.05, 4.69) is 5.32 Å². The van der Waals surface area contributed by atoms with Crippen LogP contribution in [-0.2, 0) is 0 Å². The summed E-state index contributed by atoms with van der Waals surface area (Å²) in [7, 11) is 0. The minimum atomic E-state index is 0.107. The molecule has 0 aromatic heterocycles. The predicted octanol–water partition coefficient (Wildman–Crippen LogP) is 2.33. The van der Waals surface area contributed by atoms with Crippen molar-refractivity contribution in [3.8, 4) is 5.75 Å². The topological polar surface area (TPSA) is 38.3 Å². The largest absolute Gasteiger partial charge is 0.490 e. The summed E-state index contributed by atoms with van der Waals surface area (Å²) in [4.78, 5) is 11.3. The van der Waals surface area contributed by atoms with Gasteiger partial charge in [-0.2, -0.15) is 0 Å². The van der Waals surface area contributed by atoms with Gasteiger partial charge in [-0.25, -0.2) is 0 Å². The van der Waals surface area contributed by atoms with E-state index < -0.39 is 0 Å². The normalized spacial score (nSPS) is 16.8. The highest BCUT2D eigenvalue weighted by molar-refractivity contribution is 5.95. The van der Waals surface area contributed by atoms with Crippen molar-refractivity contribution in [1.29, 1.82) is 0 Å². The number of carbonyl (C=O) groups is 1. The van der Waals surface area contributed by atoms with Gasteiger partial charge >= 0.3 is 0 Å². The molecule has 0 atom stereocenters. The van der Waals surface area contributed by atoms with E-state index in [0.29, 0.717) is 6.10 Å². The van der Waals surface area contributed by atoms with Crippen LogP contribution in [0.1, 0.15) is 35.7 Å². The zero-order chi connectivity index (χ0) is 12.3. The molecule has 0 saturated carbocycles. The van der Waals surface area contributed by atoms with Gasteiger partial charge in [-0.15, -0.1) is 0 Å². The molecule has 1 N–H and O–H groups in total. The van der Waals surface area contributed by atoms with Crippen LogP contribution in [0.15, 0.2) is 18.2 Å². The second-order valence-corrected chi connectivity index (χ2v) is 4.60. The van der Waals surface area contributed by atoms with Crippen molar-refractivity contribution < 1.29 is 9.53 Å². The smallest absolute Gasteiger partial charge is 0.160 e. The van der Waals surface area contributed by atoms with Crippen LogP contribution >= 0.6 is 0 Å². The van der Waals surface area contributed by atoms with Crippen molar-refractivity contribution >= 4 is 5.78 Å². The molecule has 92 valence electrons. The SMILES string of the molecule is CC(=O)c1ccc(OC2CCNCC2)cc1C. The van der Waals surface area contributed by atoms with Crippen LogP contribution in [-0.4, -0.2) is 25.0 Å². The maximum absolute atomic E-state index is 11.3. The van der Waals surface area contributed by atoms with Gasteiger partial charge in [0.2, 0.25) is 0 Å². The van der Waals surface area contributed by atoms with Gasteiger partial charge in [0.1, 0.15) is 11.9 Å². The molecule has 0 amide bonds. The summed E-state index contributed by atoms with van der Waals surface area (Å²) >= 11 is 0. The van der Waals surface area contributed by atoms with Crippen molar-refractivity contribution in [2.75, 3.05) is 13.1 Å². The highest BCUT2D eigenvalue weighted by Gasteiger charge is 2.15. The maximum Gasteiger partial charge on any atom is 0.160 e. The number of piperidine rings is 1. The third-order valence-corrected chi connectivity index (χ3v) is 3.17. The lowest BCUT2D eigenvalue weighted by Gasteiger charge is -2.24. The van der Waals surface area contributed by atoms with Gasteiger partial charge in [0.15, 0.2) is 5.78 Å². The number of ketones is 1. The molecule has 17 heavy (non-hydrogen) atoms. The molecule has 1 aliphatic heterocycles. The molecule has 1 fully saturated rings. The number of aryl methyl sites for hydroxylation is 1. The Kier molecular flexibility index (Phi) is 3.79. The van der Waals surface area contributed by atoms with Crippen molar-refractivity contribution in [2.24, 2.45) is 0 Å². The summed E-state index contributed by atoms with van der Waals surface area (Å²) in [6, 6.07) is 5.71. The number of nitrogens with one attached hydrogen (secondary N) is 1. The van der Waals surface area contributed by atoms with Crippen LogP contribution < -0.4 is 10.1 Å². The second kappa shape index (κ2) is 5.32. The van der Waals surface area contributed by atoms with Crippen LogP contribution in [0.25, 0.3) is 0 Å². The third-order valence-electron chi connectivity index (χ3n) is 3.17. The van der Waals surface area contributed by atoms with Gasteiger partial charge in [0.05, 0.1) is 0 Å². The Balaban J connectivity index is 2.06. The molecule has 2 rings (SSSR count). The molecule has 0 bridgehead atoms. The first kappa shape index (κ1) is 12.1. The lowest BCUT2D eigenvalue weighted by Crippen LogP contribution is -2.34. The zero-order valence-corrected chi connectivity index (χ0v) is 10.5. The fraction of sp³-hybridized carbons (Fsp3) is 0.500. The van der Waals surface area contributed by atoms with Crippen LogP contribution in [0.5, 0.6) is 5.75 Å². The van der Waals surface area contributed by atoms with Gasteiger partial charge in [-0.1, -0.05) is 0 Å². The lowest BCUT2D eigenvalue weighted by molar-refractivity contribution is 0.101. The molecule has 1 heterocycles. The van der Waals surface area contributed by atoms with Gasteiger partial charge in [0, 0.05) is 5.56 Å². The minimum absolute atomic E-state index is 0.107. The zero-order valence-electron chi connectivity index (χ0n) is 10.5. The van der Waals surface area contributed by atoms with Gasteiger partial charge in [-0.3, -0.25) is 4.79 Å². The average Bonchev–Trinajstić information content (AvgIpc) is 2.30. The van der Waals surface area contributed by atoms with Crippen molar-refractivity contribution in [3.05, 3.63) is 29.3 Å². The van der Waals surface area contributed by atoms with E-state index in [9.17, 15) is 4.79 Å². The van der Waals surface area contributed by atoms with Crippen molar-refractivity contribution in [2.45, 2.75) is 32.8 Å². The molecule has 1 aromatic carbocycles. The number of rotatable bonds is 3. The molecule has 0 aliphatic carbocycles. The average molecular weight is 233 g/mol. The molecule has 0 radical (unpaired) electrons. The molecular weight excluding hydrogens is 214 g/mol. The maximum atomic E-state index is 11.3. The summed E-state index contributed by atoms with van der Waals surface area (Å²) in [5.74, 6) is 0.982. The number of Topliss-reactive ketones (excluding diaryl/α,β-unsaturated/α-hetero) is 1. The summed E-state index contributed by atoms with van der Waals surface area (Å²) in [5.41, 5.74) is 1.77. The van der Waals surface area contributed by atoms with E-state index in [1.807, 2.05) is 25.1 Å². The Bertz CT molecular complexity index is 409. The van der Waals surface area contributed by atoms with E-state index in [1.165, 1.54) is 0 Å². The minimum Gasteiger partial charge on any atom is -0.490 e. The highest BCUT2D eigenvalue weighted by Crippen LogP contribution is 2.20. The molecule has 0 spiro atoms. The van der Waals surface area contributed by atoms with Crippen LogP contribution in [0.4, 0.5) is 0 Å². The Labute approximate surface area is 102 Å². The third kappa shape index (κ3) is 3.07. The Morgan fingerprint density at radius 2 is 2.06 bits per heavy atom. The first-order valence-corrected chi connectivity index (χ1v) is 6.16. The molecule has 3 heteroatoms. The summed E-state index contributed by atoms with van der Waals surface area (Å²) in [6.07, 6.45) is 2.40. The Hall–Kier alpha value is -1.35. The van der Waals surface area contributed by atoms with E-state index in [4.69, 9.17) is 4.74 Å². The van der Waals surface area contributed by atoms with E-state index in [-0.39, 0.29) is 5.78 Å². The number of benzene rings is 1. The molecule has 3 nitrogen and oxygen atoms in total. The van der Waals surface area contributed by atoms with Gasteiger partial charge in [0.25, 0.3) is 0 Å². The van der Waals surface area contributed by atoms with Crippen molar-refractivity contribution in [3.63, 3.8) is 0 Å². The number of ether oxygens (including phenoxy) is 1. The fourth-order valence-electron chi connectivity index (χ4n) is 2.21. The van der Waals surface area contributed by atoms with Gasteiger partial charge in [-0.05, 0) is 63.5 Å². The number of hydrogen-bond acceptors (Lipinski definition) is 3. The summed E-state index contributed by atoms with van der Waals surface area (Å²) < 4.78 is 5.92.